The van der Waals surface area contributed by atoms with Gasteiger partial charge in [-0.25, -0.2) is 0 Å². The van der Waals surface area contributed by atoms with Gasteiger partial charge in [0.15, 0.2) is 0 Å². The van der Waals surface area contributed by atoms with Crippen molar-refractivity contribution in [2.75, 3.05) is 26.2 Å². The van der Waals surface area contributed by atoms with Crippen molar-refractivity contribution in [1.29, 1.82) is 0 Å². The van der Waals surface area contributed by atoms with E-state index in [9.17, 15) is 34.2 Å². The van der Waals surface area contributed by atoms with Crippen LogP contribution in [0.25, 0.3) is 0 Å². The number of carboxylic acids is 1. The highest BCUT2D eigenvalue weighted by Crippen LogP contribution is 2.19. The third kappa shape index (κ3) is 9.72. The quantitative estimate of drug-likeness (QED) is 0.121. The molecule has 13 heteroatoms. The van der Waals surface area contributed by atoms with E-state index >= 15 is 0 Å². The van der Waals surface area contributed by atoms with Crippen LogP contribution in [-0.2, 0) is 24.0 Å². The van der Waals surface area contributed by atoms with Crippen molar-refractivity contribution >= 4 is 29.6 Å². The van der Waals surface area contributed by atoms with E-state index in [1.54, 1.807) is 0 Å². The molecule has 0 aliphatic carbocycles. The zero-order valence-corrected chi connectivity index (χ0v) is 18.9. The minimum absolute atomic E-state index is 0.0664. The Balaban J connectivity index is 2.94. The number of nitrogens with one attached hydrogen (secondary N) is 3. The number of carbonyl (C=O) groups is 5. The van der Waals surface area contributed by atoms with Crippen LogP contribution in [0, 0.1) is 0 Å². The van der Waals surface area contributed by atoms with Crippen LogP contribution in [0.2, 0.25) is 0 Å². The Morgan fingerprint density at radius 1 is 1.12 bits per heavy atom. The first-order valence-corrected chi connectivity index (χ1v) is 11.0. The molecule has 0 radical (unpaired) electrons. The number of aliphatic hydroxyl groups excluding tert-OH is 1. The number of nitrogens with zero attached hydrogens (tertiary/aromatic N) is 1. The lowest BCUT2D eigenvalue weighted by molar-refractivity contribution is -0.142. The average molecular weight is 473 g/mol. The highest BCUT2D eigenvalue weighted by Gasteiger charge is 2.37. The summed E-state index contributed by atoms with van der Waals surface area (Å²) in [6, 6.07) is -3.68. The molecule has 0 saturated carbocycles. The van der Waals surface area contributed by atoms with Crippen LogP contribution in [0.4, 0.5) is 0 Å². The topological polar surface area (TPSA) is 217 Å². The van der Waals surface area contributed by atoms with E-state index in [2.05, 4.69) is 16.0 Å². The van der Waals surface area contributed by atoms with Crippen molar-refractivity contribution < 1.29 is 34.2 Å². The minimum atomic E-state index is -1.25. The van der Waals surface area contributed by atoms with E-state index in [-0.39, 0.29) is 13.0 Å². The summed E-state index contributed by atoms with van der Waals surface area (Å²) in [5.41, 5.74) is 10.9. The highest BCUT2D eigenvalue weighted by molar-refractivity contribution is 5.94. The maximum absolute atomic E-state index is 13.1. The van der Waals surface area contributed by atoms with Gasteiger partial charge in [-0.1, -0.05) is 0 Å². The number of rotatable bonds is 15. The fourth-order valence-corrected chi connectivity index (χ4v) is 3.71. The van der Waals surface area contributed by atoms with Crippen LogP contribution in [0.1, 0.15) is 45.4 Å². The van der Waals surface area contributed by atoms with E-state index in [0.717, 1.165) is 0 Å². The van der Waals surface area contributed by atoms with Crippen LogP contribution in [-0.4, -0.2) is 95.1 Å². The molecule has 1 aliphatic rings. The van der Waals surface area contributed by atoms with E-state index in [1.165, 1.54) is 11.8 Å². The number of hydrogen-bond acceptors (Lipinski definition) is 8. The van der Waals surface area contributed by atoms with E-state index in [1.807, 2.05) is 0 Å². The van der Waals surface area contributed by atoms with Gasteiger partial charge in [0.2, 0.25) is 23.6 Å². The number of nitrogens with two attached hydrogens (primary N) is 2. The number of carboxylic acid groups (broad SMARTS) is 1. The number of primary amides is 1. The van der Waals surface area contributed by atoms with Crippen LogP contribution in [0.5, 0.6) is 0 Å². The molecule has 4 unspecified atom stereocenters. The molecule has 0 spiro atoms. The maximum atomic E-state index is 13.1. The van der Waals surface area contributed by atoms with Crippen molar-refractivity contribution in [3.63, 3.8) is 0 Å². The number of aliphatic carboxylic acids is 1. The summed E-state index contributed by atoms with van der Waals surface area (Å²) in [6.07, 6.45) is 1.88. The zero-order chi connectivity index (χ0) is 25.0. The van der Waals surface area contributed by atoms with E-state index < -0.39 is 66.8 Å². The fourth-order valence-electron chi connectivity index (χ4n) is 3.71. The number of likely N-dealkylation sites (tertiary alicyclic amines) is 1. The molecule has 1 rings (SSSR count). The Labute approximate surface area is 192 Å². The summed E-state index contributed by atoms with van der Waals surface area (Å²) in [5.74, 6) is -3.44. The SMILES string of the molecule is CC(=O)NC(CO)CNC(CC(=O)O)C(=O)NC(CCCCN)C(=O)N1CCCC1C(N)=O. The molecule has 0 bridgehead atoms. The summed E-state index contributed by atoms with van der Waals surface area (Å²) in [4.78, 5) is 61.6. The van der Waals surface area contributed by atoms with Crippen molar-refractivity contribution in [2.24, 2.45) is 11.5 Å². The molecule has 1 saturated heterocycles. The molecule has 9 N–H and O–H groups in total. The predicted molar refractivity (Wildman–Crippen MR) is 117 cm³/mol. The second kappa shape index (κ2) is 14.4. The van der Waals surface area contributed by atoms with Crippen LogP contribution in [0.15, 0.2) is 0 Å². The molecule has 13 nitrogen and oxygen atoms in total. The van der Waals surface area contributed by atoms with Gasteiger partial charge in [0.1, 0.15) is 12.1 Å². The van der Waals surface area contributed by atoms with Crippen molar-refractivity contribution in [2.45, 2.75) is 69.6 Å². The van der Waals surface area contributed by atoms with Crippen LogP contribution in [0.3, 0.4) is 0 Å². The van der Waals surface area contributed by atoms with Gasteiger partial charge < -0.3 is 42.5 Å². The fraction of sp³-hybridized carbons (Fsp3) is 0.750. The molecule has 33 heavy (non-hydrogen) atoms. The number of hydrogen-bond donors (Lipinski definition) is 7. The normalized spacial score (nSPS) is 18.3. The molecule has 1 heterocycles. The highest BCUT2D eigenvalue weighted by atomic mass is 16.4. The number of unbranched alkanes of at least 4 members (excludes halogenated alkanes) is 1. The molecule has 0 aromatic carbocycles. The molecule has 4 atom stereocenters. The molecule has 4 amide bonds. The van der Waals surface area contributed by atoms with Gasteiger partial charge in [-0.15, -0.1) is 0 Å². The van der Waals surface area contributed by atoms with Crippen molar-refractivity contribution in [3.05, 3.63) is 0 Å². The minimum Gasteiger partial charge on any atom is -0.481 e. The summed E-state index contributed by atoms with van der Waals surface area (Å²) in [6.45, 7) is 1.51. The number of aliphatic hydroxyl groups is 1. The summed E-state index contributed by atoms with van der Waals surface area (Å²) in [5, 5.41) is 26.4. The van der Waals surface area contributed by atoms with Gasteiger partial charge in [-0.05, 0) is 38.6 Å². The summed E-state index contributed by atoms with van der Waals surface area (Å²) in [7, 11) is 0. The van der Waals surface area contributed by atoms with E-state index in [4.69, 9.17) is 11.5 Å². The second-order valence-electron chi connectivity index (χ2n) is 8.08. The first-order valence-electron chi connectivity index (χ1n) is 11.0. The Bertz CT molecular complexity index is 704. The third-order valence-electron chi connectivity index (χ3n) is 5.36. The number of amides is 4. The van der Waals surface area contributed by atoms with Crippen molar-refractivity contribution in [3.8, 4) is 0 Å². The first-order chi connectivity index (χ1) is 15.6. The molecular formula is C20H36N6O7. The van der Waals surface area contributed by atoms with Gasteiger partial charge in [0, 0.05) is 20.0 Å². The van der Waals surface area contributed by atoms with Crippen molar-refractivity contribution in [1.82, 2.24) is 20.9 Å². The zero-order valence-electron chi connectivity index (χ0n) is 18.9. The van der Waals surface area contributed by atoms with Gasteiger partial charge >= 0.3 is 5.97 Å². The van der Waals surface area contributed by atoms with Gasteiger partial charge in [-0.2, -0.15) is 0 Å². The summed E-state index contributed by atoms with van der Waals surface area (Å²) < 4.78 is 0. The predicted octanol–water partition coefficient (Wildman–Crippen LogP) is -2.99. The Morgan fingerprint density at radius 3 is 2.36 bits per heavy atom. The maximum Gasteiger partial charge on any atom is 0.305 e. The molecule has 1 aliphatic heterocycles. The smallest absolute Gasteiger partial charge is 0.305 e. The largest absolute Gasteiger partial charge is 0.481 e. The van der Waals surface area contributed by atoms with Crippen LogP contribution < -0.4 is 27.4 Å². The average Bonchev–Trinajstić information content (AvgIpc) is 3.24. The standard InChI is InChI=1S/C20H36N6O7/c1-12(28)24-13(11-27)10-23-15(9-17(29)30)19(32)25-14(5-2-3-7-21)20(33)26-8-4-6-16(26)18(22)31/h13-16,23,27H,2-11,21H2,1H3,(H2,22,31)(H,24,28)(H,25,32)(H,29,30). The molecule has 1 fully saturated rings. The Hall–Kier alpha value is -2.77. The first kappa shape index (κ1) is 28.3. The van der Waals surface area contributed by atoms with Gasteiger partial charge in [0.05, 0.1) is 25.1 Å². The monoisotopic (exact) mass is 472 g/mol. The number of carbonyl (C=O) groups excluding carboxylic acids is 4. The Kier molecular flexibility index (Phi) is 12.3. The lowest BCUT2D eigenvalue weighted by atomic mass is 10.1. The molecular weight excluding hydrogens is 436 g/mol. The lowest BCUT2D eigenvalue weighted by Crippen LogP contribution is -2.57. The molecule has 0 aromatic heterocycles. The molecule has 188 valence electrons. The lowest BCUT2D eigenvalue weighted by Gasteiger charge is -2.29. The second-order valence-corrected chi connectivity index (χ2v) is 8.08. The third-order valence-corrected chi connectivity index (χ3v) is 5.36. The Morgan fingerprint density at radius 2 is 1.82 bits per heavy atom. The van der Waals surface area contributed by atoms with E-state index in [0.29, 0.717) is 38.8 Å². The van der Waals surface area contributed by atoms with Crippen LogP contribution >= 0.6 is 0 Å². The molecule has 0 aromatic rings. The van der Waals surface area contributed by atoms with Gasteiger partial charge in [-0.3, -0.25) is 24.0 Å². The van der Waals surface area contributed by atoms with Gasteiger partial charge in [0.25, 0.3) is 0 Å². The summed E-state index contributed by atoms with van der Waals surface area (Å²) >= 11 is 0.